The molecule has 168 valence electrons. The summed E-state index contributed by atoms with van der Waals surface area (Å²) in [7, 11) is 0. The van der Waals surface area contributed by atoms with E-state index in [0.29, 0.717) is 29.3 Å². The van der Waals surface area contributed by atoms with Crippen LogP contribution in [-0.2, 0) is 16.1 Å². The lowest BCUT2D eigenvalue weighted by Crippen LogP contribution is -2.33. The van der Waals surface area contributed by atoms with Crippen LogP contribution in [0.2, 0.25) is 0 Å². The summed E-state index contributed by atoms with van der Waals surface area (Å²) < 4.78 is 20.2. The van der Waals surface area contributed by atoms with Crippen molar-refractivity contribution in [3.05, 3.63) is 59.9 Å². The molecule has 1 unspecified atom stereocenters. The highest BCUT2D eigenvalue weighted by Gasteiger charge is 2.55. The van der Waals surface area contributed by atoms with Gasteiger partial charge in [-0.3, -0.25) is 9.69 Å². The molecular weight excluding hydrogens is 411 g/mol. The normalized spacial score (nSPS) is 26.1. The van der Waals surface area contributed by atoms with Crippen molar-refractivity contribution >= 4 is 23.4 Å². The number of rotatable bonds is 7. The second kappa shape index (κ2) is 8.43. The zero-order valence-corrected chi connectivity index (χ0v) is 18.0. The molecular formula is C24H27FN4O3. The summed E-state index contributed by atoms with van der Waals surface area (Å²) in [6.45, 7) is 4.45. The number of anilines is 2. The first-order valence-electron chi connectivity index (χ1n) is 11.0. The van der Waals surface area contributed by atoms with Crippen LogP contribution in [0.25, 0.3) is 0 Å². The highest BCUT2D eigenvalue weighted by molar-refractivity contribution is 5.90. The van der Waals surface area contributed by atoms with E-state index in [-0.39, 0.29) is 24.8 Å². The number of nitrogens with zero attached hydrogens (tertiary/aromatic N) is 2. The summed E-state index contributed by atoms with van der Waals surface area (Å²) in [5.41, 5.74) is 2.31. The summed E-state index contributed by atoms with van der Waals surface area (Å²) in [6.07, 6.45) is -0.970. The second-order valence-electron chi connectivity index (χ2n) is 8.81. The molecule has 4 atom stereocenters. The standard InChI is InChI=1S/C24H27FN4O3/c1-15(30)26-11-18-12-29(24(31)32-18)17-7-8-22(21(25)9-17)28-13-19-20(14-28)23(19)27-10-16-5-3-2-4-6-16/h2-9,18-20,23,27H,10-14H2,1H3,(H,26,30)/t18-,19-,20+,23?/m0/s1. The zero-order valence-electron chi connectivity index (χ0n) is 18.0. The van der Waals surface area contributed by atoms with Crippen molar-refractivity contribution in [3.8, 4) is 0 Å². The monoisotopic (exact) mass is 438 g/mol. The van der Waals surface area contributed by atoms with Gasteiger partial charge >= 0.3 is 6.09 Å². The fraction of sp³-hybridized carbons (Fsp3) is 0.417. The molecule has 2 amide bonds. The van der Waals surface area contributed by atoms with Crippen LogP contribution < -0.4 is 20.4 Å². The third-order valence-electron chi connectivity index (χ3n) is 6.62. The first kappa shape index (κ1) is 20.8. The number of cyclic esters (lactones) is 1. The first-order chi connectivity index (χ1) is 15.5. The van der Waals surface area contributed by atoms with E-state index < -0.39 is 12.2 Å². The van der Waals surface area contributed by atoms with Crippen molar-refractivity contribution in [2.75, 3.05) is 36.0 Å². The Hall–Kier alpha value is -3.13. The number of piperidine rings is 1. The highest BCUT2D eigenvalue weighted by Crippen LogP contribution is 2.47. The van der Waals surface area contributed by atoms with Gasteiger partial charge in [0, 0.05) is 32.6 Å². The van der Waals surface area contributed by atoms with Crippen LogP contribution in [0.5, 0.6) is 0 Å². The van der Waals surface area contributed by atoms with Gasteiger partial charge in [-0.2, -0.15) is 0 Å². The Labute approximate surface area is 186 Å². The zero-order chi connectivity index (χ0) is 22.2. The highest BCUT2D eigenvalue weighted by atomic mass is 19.1. The number of carbonyl (C=O) groups excluding carboxylic acids is 2. The van der Waals surface area contributed by atoms with Crippen molar-refractivity contribution in [1.82, 2.24) is 10.6 Å². The van der Waals surface area contributed by atoms with Gasteiger partial charge in [0.15, 0.2) is 0 Å². The van der Waals surface area contributed by atoms with Gasteiger partial charge in [0.1, 0.15) is 11.9 Å². The number of halogens is 1. The van der Waals surface area contributed by atoms with E-state index in [0.717, 1.165) is 19.6 Å². The summed E-state index contributed by atoms with van der Waals surface area (Å²) in [5.74, 6) is 0.563. The fourth-order valence-electron chi connectivity index (χ4n) is 4.87. The number of hydrogen-bond acceptors (Lipinski definition) is 5. The lowest BCUT2D eigenvalue weighted by Gasteiger charge is -2.24. The summed E-state index contributed by atoms with van der Waals surface area (Å²) in [4.78, 5) is 26.7. The molecule has 0 spiro atoms. The van der Waals surface area contributed by atoms with Gasteiger partial charge in [0.05, 0.1) is 24.5 Å². The quantitative estimate of drug-likeness (QED) is 0.695. The molecule has 2 aromatic rings. The molecule has 1 aliphatic carbocycles. The van der Waals surface area contributed by atoms with Crippen LogP contribution in [-0.4, -0.2) is 50.3 Å². The van der Waals surface area contributed by atoms with Crippen LogP contribution in [0.15, 0.2) is 48.5 Å². The molecule has 5 rings (SSSR count). The van der Waals surface area contributed by atoms with Crippen molar-refractivity contribution in [2.45, 2.75) is 25.6 Å². The third kappa shape index (κ3) is 4.14. The smallest absolute Gasteiger partial charge is 0.414 e. The maximum absolute atomic E-state index is 14.9. The van der Waals surface area contributed by atoms with E-state index >= 15 is 0 Å². The van der Waals surface area contributed by atoms with Crippen molar-refractivity contribution < 1.29 is 18.7 Å². The van der Waals surface area contributed by atoms with Gasteiger partial charge in [0.2, 0.25) is 5.91 Å². The predicted octanol–water partition coefficient (Wildman–Crippen LogP) is 2.51. The van der Waals surface area contributed by atoms with E-state index in [1.54, 1.807) is 12.1 Å². The minimum Gasteiger partial charge on any atom is -0.442 e. The van der Waals surface area contributed by atoms with E-state index in [4.69, 9.17) is 4.74 Å². The number of amides is 2. The van der Waals surface area contributed by atoms with Gasteiger partial charge in [-0.25, -0.2) is 9.18 Å². The molecule has 3 aliphatic rings. The molecule has 1 saturated carbocycles. The number of fused-ring (bicyclic) bond motifs is 1. The predicted molar refractivity (Wildman–Crippen MR) is 119 cm³/mol. The Morgan fingerprint density at radius 3 is 2.56 bits per heavy atom. The van der Waals surface area contributed by atoms with Gasteiger partial charge in [-0.15, -0.1) is 0 Å². The summed E-state index contributed by atoms with van der Waals surface area (Å²) >= 11 is 0. The molecule has 8 heteroatoms. The Morgan fingerprint density at radius 2 is 1.88 bits per heavy atom. The van der Waals surface area contributed by atoms with E-state index in [1.165, 1.54) is 23.5 Å². The minimum absolute atomic E-state index is 0.184. The molecule has 2 heterocycles. The Kier molecular flexibility index (Phi) is 5.46. The molecule has 0 aromatic heterocycles. The van der Waals surface area contributed by atoms with Crippen LogP contribution >= 0.6 is 0 Å². The third-order valence-corrected chi connectivity index (χ3v) is 6.62. The van der Waals surface area contributed by atoms with Crippen molar-refractivity contribution in [2.24, 2.45) is 11.8 Å². The number of nitrogens with one attached hydrogen (secondary N) is 2. The summed E-state index contributed by atoms with van der Waals surface area (Å²) in [6, 6.07) is 15.7. The molecule has 32 heavy (non-hydrogen) atoms. The van der Waals surface area contributed by atoms with Gasteiger partial charge in [-0.1, -0.05) is 30.3 Å². The number of ether oxygens (including phenoxy) is 1. The average molecular weight is 439 g/mol. The van der Waals surface area contributed by atoms with Gasteiger partial charge in [0.25, 0.3) is 0 Å². The molecule has 2 aliphatic heterocycles. The molecule has 0 bridgehead atoms. The Balaban J connectivity index is 1.16. The topological polar surface area (TPSA) is 73.9 Å². The number of benzene rings is 2. The average Bonchev–Trinajstić information content (AvgIpc) is 3.09. The SMILES string of the molecule is CC(=O)NC[C@H]1CN(c2ccc(N3C[C@@H]4C(NCc5ccccc5)[C@@H]4C3)c(F)c2)C(=O)O1. The first-order valence-corrected chi connectivity index (χ1v) is 11.0. The maximum Gasteiger partial charge on any atom is 0.414 e. The van der Waals surface area contributed by atoms with Crippen LogP contribution in [0.4, 0.5) is 20.6 Å². The summed E-state index contributed by atoms with van der Waals surface area (Å²) in [5, 5.41) is 6.27. The van der Waals surface area contributed by atoms with E-state index in [1.807, 2.05) is 18.2 Å². The largest absolute Gasteiger partial charge is 0.442 e. The molecule has 2 N–H and O–H groups in total. The maximum atomic E-state index is 14.9. The van der Waals surface area contributed by atoms with E-state index in [9.17, 15) is 14.0 Å². The second-order valence-corrected chi connectivity index (χ2v) is 8.81. The molecule has 2 aromatic carbocycles. The number of carbonyl (C=O) groups is 2. The van der Waals surface area contributed by atoms with Crippen molar-refractivity contribution in [1.29, 1.82) is 0 Å². The Morgan fingerprint density at radius 1 is 1.12 bits per heavy atom. The van der Waals surface area contributed by atoms with Gasteiger partial charge in [-0.05, 0) is 35.6 Å². The molecule has 0 radical (unpaired) electrons. The lowest BCUT2D eigenvalue weighted by atomic mass is 10.2. The molecule has 7 nitrogen and oxygen atoms in total. The minimum atomic E-state index is -0.526. The molecule has 2 saturated heterocycles. The Bertz CT molecular complexity index is 1010. The van der Waals surface area contributed by atoms with Crippen molar-refractivity contribution in [3.63, 3.8) is 0 Å². The fourth-order valence-corrected chi connectivity index (χ4v) is 4.87. The lowest BCUT2D eigenvalue weighted by molar-refractivity contribution is -0.119. The van der Waals surface area contributed by atoms with Crippen LogP contribution in [0.3, 0.4) is 0 Å². The van der Waals surface area contributed by atoms with E-state index in [2.05, 4.69) is 27.7 Å². The van der Waals surface area contributed by atoms with Crippen LogP contribution in [0, 0.1) is 17.7 Å². The van der Waals surface area contributed by atoms with Gasteiger partial charge < -0.3 is 20.3 Å². The number of hydrogen-bond donors (Lipinski definition) is 2. The van der Waals surface area contributed by atoms with Crippen LogP contribution in [0.1, 0.15) is 12.5 Å². The molecule has 3 fully saturated rings.